The van der Waals surface area contributed by atoms with Crippen molar-refractivity contribution in [3.63, 3.8) is 0 Å². The summed E-state index contributed by atoms with van der Waals surface area (Å²) in [5, 5.41) is 4.20. The van der Waals surface area contributed by atoms with E-state index in [0.29, 0.717) is 11.8 Å². The van der Waals surface area contributed by atoms with Gasteiger partial charge in [-0.15, -0.1) is 0 Å². The van der Waals surface area contributed by atoms with Crippen LogP contribution in [0.15, 0.2) is 34.3 Å². The number of hydrazone groups is 1. The maximum absolute atomic E-state index is 12.1. The number of nitrogens with zero attached hydrogens (tertiary/aromatic N) is 1. The average molecular weight is 278 g/mol. The van der Waals surface area contributed by atoms with Crippen LogP contribution in [0.5, 0.6) is 0 Å². The van der Waals surface area contributed by atoms with Gasteiger partial charge in [0.25, 0.3) is 10.0 Å². The largest absolute Gasteiger partial charge is 0.276 e. The van der Waals surface area contributed by atoms with Crippen LogP contribution in [-0.4, -0.2) is 14.1 Å². The van der Waals surface area contributed by atoms with Crippen molar-refractivity contribution in [1.82, 2.24) is 4.83 Å². The minimum absolute atomic E-state index is 0.271. The van der Waals surface area contributed by atoms with Crippen LogP contribution in [0.3, 0.4) is 0 Å². The number of fused-ring (bicyclic) bond motifs is 2. The van der Waals surface area contributed by atoms with E-state index in [1.807, 2.05) is 6.92 Å². The fourth-order valence-electron chi connectivity index (χ4n) is 3.08. The highest BCUT2D eigenvalue weighted by Gasteiger charge is 2.38. The fraction of sp³-hybridized carbons (Fsp3) is 0.500. The van der Waals surface area contributed by atoms with Crippen molar-refractivity contribution >= 4 is 15.7 Å². The van der Waals surface area contributed by atoms with Crippen molar-refractivity contribution in [2.45, 2.75) is 37.5 Å². The number of hydrogen-bond donors (Lipinski definition) is 1. The molecule has 1 aromatic carbocycles. The molecule has 2 aliphatic rings. The molecule has 0 atom stereocenters. The van der Waals surface area contributed by atoms with Crippen molar-refractivity contribution in [1.29, 1.82) is 0 Å². The Morgan fingerprint density at radius 1 is 1.05 bits per heavy atom. The second-order valence-corrected chi connectivity index (χ2v) is 7.15. The van der Waals surface area contributed by atoms with E-state index in [1.165, 1.54) is 0 Å². The molecule has 0 spiro atoms. The summed E-state index contributed by atoms with van der Waals surface area (Å²) in [7, 11) is -3.52. The zero-order valence-corrected chi connectivity index (χ0v) is 11.8. The Labute approximate surface area is 114 Å². The Kier molecular flexibility index (Phi) is 3.09. The summed E-state index contributed by atoms with van der Waals surface area (Å²) >= 11 is 0. The van der Waals surface area contributed by atoms with E-state index in [1.54, 1.807) is 24.3 Å². The number of benzene rings is 1. The molecular weight excluding hydrogens is 260 g/mol. The van der Waals surface area contributed by atoms with Crippen molar-refractivity contribution in [3.8, 4) is 0 Å². The summed E-state index contributed by atoms with van der Waals surface area (Å²) in [6, 6.07) is 6.81. The molecule has 102 valence electrons. The van der Waals surface area contributed by atoms with E-state index >= 15 is 0 Å². The van der Waals surface area contributed by atoms with Crippen LogP contribution < -0.4 is 4.83 Å². The lowest BCUT2D eigenvalue weighted by atomic mass is 10.0. The number of nitrogens with one attached hydrogen (secondary N) is 1. The maximum Gasteiger partial charge on any atom is 0.276 e. The van der Waals surface area contributed by atoms with E-state index in [9.17, 15) is 8.42 Å². The molecule has 2 aliphatic carbocycles. The molecule has 0 aromatic heterocycles. The average Bonchev–Trinajstić information content (AvgIpc) is 2.96. The standard InChI is InChI=1S/C14H18N2O2S/c1-10-2-8-13(9-3-10)19(17,18)16-15-14-11-4-5-12(14)7-6-11/h2-3,8-9,11-12,16H,4-7H2,1H3. The highest BCUT2D eigenvalue weighted by molar-refractivity contribution is 7.89. The Balaban J connectivity index is 1.79. The van der Waals surface area contributed by atoms with Gasteiger partial charge < -0.3 is 0 Å². The molecule has 19 heavy (non-hydrogen) atoms. The van der Waals surface area contributed by atoms with Gasteiger partial charge in [-0.25, -0.2) is 4.83 Å². The molecule has 0 saturated heterocycles. The summed E-state index contributed by atoms with van der Waals surface area (Å²) in [6.45, 7) is 1.93. The van der Waals surface area contributed by atoms with Gasteiger partial charge in [-0.1, -0.05) is 17.7 Å². The monoisotopic (exact) mass is 278 g/mol. The smallest absolute Gasteiger partial charge is 0.200 e. The first-order valence-electron chi connectivity index (χ1n) is 6.72. The highest BCUT2D eigenvalue weighted by atomic mass is 32.2. The fourth-order valence-corrected chi connectivity index (χ4v) is 3.91. The van der Waals surface area contributed by atoms with Crippen LogP contribution >= 0.6 is 0 Å². The number of hydrogen-bond acceptors (Lipinski definition) is 3. The van der Waals surface area contributed by atoms with Gasteiger partial charge >= 0.3 is 0 Å². The van der Waals surface area contributed by atoms with Gasteiger partial charge in [-0.05, 0) is 56.6 Å². The van der Waals surface area contributed by atoms with Crippen LogP contribution in [0.25, 0.3) is 0 Å². The molecule has 2 saturated carbocycles. The molecule has 3 rings (SSSR count). The molecule has 4 nitrogen and oxygen atoms in total. The summed E-state index contributed by atoms with van der Waals surface area (Å²) in [5.41, 5.74) is 2.11. The second-order valence-electron chi connectivity index (χ2n) is 5.49. The van der Waals surface area contributed by atoms with Crippen molar-refractivity contribution in [2.75, 3.05) is 0 Å². The summed E-state index contributed by atoms with van der Waals surface area (Å²) in [4.78, 5) is 2.67. The van der Waals surface area contributed by atoms with Crippen LogP contribution in [-0.2, 0) is 10.0 Å². The topological polar surface area (TPSA) is 58.5 Å². The van der Waals surface area contributed by atoms with Crippen LogP contribution in [0, 0.1) is 18.8 Å². The third-order valence-electron chi connectivity index (χ3n) is 4.19. The SMILES string of the molecule is Cc1ccc(S(=O)(=O)NN=C2C3CCC2CC3)cc1. The molecule has 5 heteroatoms. The van der Waals surface area contributed by atoms with E-state index < -0.39 is 10.0 Å². The molecular formula is C14H18N2O2S. The Morgan fingerprint density at radius 2 is 1.58 bits per heavy atom. The van der Waals surface area contributed by atoms with Gasteiger partial charge in [0.15, 0.2) is 0 Å². The third kappa shape index (κ3) is 2.39. The molecule has 1 aromatic rings. The zero-order chi connectivity index (χ0) is 13.5. The predicted molar refractivity (Wildman–Crippen MR) is 74.4 cm³/mol. The van der Waals surface area contributed by atoms with Gasteiger partial charge in [0, 0.05) is 5.71 Å². The van der Waals surface area contributed by atoms with Crippen molar-refractivity contribution in [2.24, 2.45) is 16.9 Å². The molecule has 0 unspecified atom stereocenters. The first kappa shape index (κ1) is 12.7. The highest BCUT2D eigenvalue weighted by Crippen LogP contribution is 2.42. The predicted octanol–water partition coefficient (Wildman–Crippen LogP) is 2.45. The molecule has 1 N–H and O–H groups in total. The molecule has 0 aliphatic heterocycles. The van der Waals surface area contributed by atoms with Crippen molar-refractivity contribution < 1.29 is 8.42 Å². The Bertz CT molecular complexity index is 583. The van der Waals surface area contributed by atoms with E-state index in [4.69, 9.17) is 0 Å². The molecule has 2 bridgehead atoms. The zero-order valence-electron chi connectivity index (χ0n) is 11.0. The second kappa shape index (κ2) is 4.63. The van der Waals surface area contributed by atoms with Crippen molar-refractivity contribution in [3.05, 3.63) is 29.8 Å². The molecule has 0 heterocycles. The molecule has 2 fully saturated rings. The number of rotatable bonds is 3. The Morgan fingerprint density at radius 3 is 2.11 bits per heavy atom. The summed E-state index contributed by atoms with van der Waals surface area (Å²) < 4.78 is 24.2. The summed E-state index contributed by atoms with van der Waals surface area (Å²) in [5.74, 6) is 1.01. The summed E-state index contributed by atoms with van der Waals surface area (Å²) in [6.07, 6.45) is 4.65. The molecule has 0 amide bonds. The van der Waals surface area contributed by atoms with Crippen LogP contribution in [0.1, 0.15) is 31.2 Å². The van der Waals surface area contributed by atoms with Gasteiger partial charge in [-0.3, -0.25) is 0 Å². The lowest BCUT2D eigenvalue weighted by molar-refractivity contribution is 0.480. The minimum atomic E-state index is -3.52. The normalized spacial score (nSPS) is 25.6. The lowest BCUT2D eigenvalue weighted by Gasteiger charge is -2.07. The number of aryl methyl sites for hydroxylation is 1. The third-order valence-corrected chi connectivity index (χ3v) is 5.41. The van der Waals surface area contributed by atoms with Crippen LogP contribution in [0.4, 0.5) is 0 Å². The van der Waals surface area contributed by atoms with E-state index in [0.717, 1.165) is 37.0 Å². The maximum atomic E-state index is 12.1. The van der Waals surface area contributed by atoms with Gasteiger partial charge in [0.1, 0.15) is 0 Å². The van der Waals surface area contributed by atoms with E-state index in [2.05, 4.69) is 9.93 Å². The van der Waals surface area contributed by atoms with Gasteiger partial charge in [0.2, 0.25) is 0 Å². The minimum Gasteiger partial charge on any atom is -0.200 e. The quantitative estimate of drug-likeness (QED) is 0.863. The first-order chi connectivity index (χ1) is 9.06. The van der Waals surface area contributed by atoms with Crippen LogP contribution in [0.2, 0.25) is 0 Å². The first-order valence-corrected chi connectivity index (χ1v) is 8.20. The van der Waals surface area contributed by atoms with E-state index in [-0.39, 0.29) is 4.90 Å². The van der Waals surface area contributed by atoms with Gasteiger partial charge in [-0.2, -0.15) is 13.5 Å². The lowest BCUT2D eigenvalue weighted by Crippen LogP contribution is -2.21. The molecule has 0 radical (unpaired) electrons. The van der Waals surface area contributed by atoms with Gasteiger partial charge in [0.05, 0.1) is 4.90 Å². The number of sulfonamides is 1. The Hall–Kier alpha value is -1.36.